The summed E-state index contributed by atoms with van der Waals surface area (Å²) in [4.78, 5) is 24.5. The number of nitrogens with zero attached hydrogens (tertiary/aromatic N) is 1. The van der Waals surface area contributed by atoms with Gasteiger partial charge in [0.05, 0.1) is 0 Å². The molecule has 0 aliphatic rings. The highest BCUT2D eigenvalue weighted by atomic mass is 79.9. The Morgan fingerprint density at radius 2 is 1.97 bits per heavy atom. The zero-order valence-electron chi connectivity index (χ0n) is 15.1. The first-order valence-corrected chi connectivity index (χ1v) is 9.15. The van der Waals surface area contributed by atoms with Crippen molar-refractivity contribution in [3.63, 3.8) is 0 Å². The molecule has 0 aliphatic carbocycles. The van der Waals surface area contributed by atoms with Crippen molar-refractivity contribution in [3.05, 3.63) is 91.8 Å². The molecule has 1 heterocycles. The van der Waals surface area contributed by atoms with Crippen LogP contribution in [0, 0.1) is 18.6 Å². The SMILES string of the molecule is Cc1cc(OCc2ccc(F)cc2F)c(Br)c(=O)n1-c1cccc(C(=O)NO)c1. The molecule has 6 nitrogen and oxygen atoms in total. The summed E-state index contributed by atoms with van der Waals surface area (Å²) < 4.78 is 33.8. The predicted molar refractivity (Wildman–Crippen MR) is 104 cm³/mol. The quantitative estimate of drug-likeness (QED) is 0.443. The van der Waals surface area contributed by atoms with E-state index in [-0.39, 0.29) is 28.0 Å². The molecule has 0 bridgehead atoms. The van der Waals surface area contributed by atoms with E-state index in [1.807, 2.05) is 0 Å². The number of aryl methyl sites for hydroxylation is 1. The molecule has 0 fully saturated rings. The number of ether oxygens (including phenoxy) is 1. The topological polar surface area (TPSA) is 80.6 Å². The number of benzene rings is 2. The van der Waals surface area contributed by atoms with Crippen molar-refractivity contribution >= 4 is 21.8 Å². The molecule has 9 heteroatoms. The Hall–Kier alpha value is -3.04. The van der Waals surface area contributed by atoms with Gasteiger partial charge in [0, 0.05) is 34.6 Å². The molecule has 2 aromatic carbocycles. The van der Waals surface area contributed by atoms with E-state index in [0.717, 1.165) is 12.1 Å². The second kappa shape index (κ2) is 8.54. The Labute approximate surface area is 172 Å². The zero-order chi connectivity index (χ0) is 21.1. The van der Waals surface area contributed by atoms with Crippen molar-refractivity contribution in [2.45, 2.75) is 13.5 Å². The Balaban J connectivity index is 1.95. The number of hydroxylamine groups is 1. The molecule has 0 saturated heterocycles. The van der Waals surface area contributed by atoms with E-state index in [4.69, 9.17) is 9.94 Å². The number of hydrogen-bond acceptors (Lipinski definition) is 4. The van der Waals surface area contributed by atoms with Crippen LogP contribution < -0.4 is 15.8 Å². The summed E-state index contributed by atoms with van der Waals surface area (Å²) in [6, 6.07) is 10.9. The minimum atomic E-state index is -0.745. The lowest BCUT2D eigenvalue weighted by atomic mass is 10.2. The van der Waals surface area contributed by atoms with Crippen LogP contribution in [0.15, 0.2) is 57.8 Å². The van der Waals surface area contributed by atoms with Gasteiger partial charge in [0.15, 0.2) is 0 Å². The average Bonchev–Trinajstić information content (AvgIpc) is 2.70. The van der Waals surface area contributed by atoms with Crippen LogP contribution in [0.2, 0.25) is 0 Å². The van der Waals surface area contributed by atoms with Gasteiger partial charge in [-0.1, -0.05) is 6.07 Å². The third kappa shape index (κ3) is 4.36. The smallest absolute Gasteiger partial charge is 0.274 e. The lowest BCUT2D eigenvalue weighted by Gasteiger charge is -2.15. The molecule has 1 aromatic heterocycles. The molecule has 2 N–H and O–H groups in total. The van der Waals surface area contributed by atoms with Gasteiger partial charge in [0.1, 0.15) is 28.5 Å². The summed E-state index contributed by atoms with van der Waals surface area (Å²) in [5, 5.41) is 8.79. The molecule has 0 radical (unpaired) electrons. The summed E-state index contributed by atoms with van der Waals surface area (Å²) in [6.45, 7) is 1.47. The van der Waals surface area contributed by atoms with Crippen molar-refractivity contribution < 1.29 is 23.5 Å². The molecule has 29 heavy (non-hydrogen) atoms. The largest absolute Gasteiger partial charge is 0.487 e. The van der Waals surface area contributed by atoms with E-state index in [1.165, 1.54) is 22.8 Å². The Morgan fingerprint density at radius 3 is 2.66 bits per heavy atom. The van der Waals surface area contributed by atoms with Gasteiger partial charge in [0.25, 0.3) is 11.5 Å². The van der Waals surface area contributed by atoms with Crippen molar-refractivity contribution in [2.75, 3.05) is 0 Å². The summed E-state index contributed by atoms with van der Waals surface area (Å²) in [7, 11) is 0. The maximum Gasteiger partial charge on any atom is 0.274 e. The second-order valence-electron chi connectivity index (χ2n) is 6.12. The highest BCUT2D eigenvalue weighted by Crippen LogP contribution is 2.25. The number of amides is 1. The van der Waals surface area contributed by atoms with Gasteiger partial charge in [-0.3, -0.25) is 19.4 Å². The normalized spacial score (nSPS) is 10.7. The fourth-order valence-corrected chi connectivity index (χ4v) is 3.16. The first-order chi connectivity index (χ1) is 13.8. The molecule has 0 atom stereocenters. The first kappa shape index (κ1) is 20.7. The van der Waals surface area contributed by atoms with Gasteiger partial charge < -0.3 is 4.74 Å². The van der Waals surface area contributed by atoms with Crippen LogP contribution in [-0.4, -0.2) is 15.7 Å². The zero-order valence-corrected chi connectivity index (χ0v) is 16.7. The number of carbonyl (C=O) groups is 1. The van der Waals surface area contributed by atoms with Crippen LogP contribution >= 0.6 is 15.9 Å². The monoisotopic (exact) mass is 464 g/mol. The molecule has 3 aromatic rings. The summed E-state index contributed by atoms with van der Waals surface area (Å²) in [6.07, 6.45) is 0. The van der Waals surface area contributed by atoms with E-state index in [0.29, 0.717) is 11.4 Å². The molecule has 0 saturated carbocycles. The van der Waals surface area contributed by atoms with E-state index < -0.39 is 23.1 Å². The van der Waals surface area contributed by atoms with Crippen LogP contribution in [0.1, 0.15) is 21.6 Å². The molecule has 0 unspecified atom stereocenters. The Bertz CT molecular complexity index is 1150. The van der Waals surface area contributed by atoms with Gasteiger partial charge in [-0.25, -0.2) is 14.3 Å². The standard InChI is InChI=1S/C20H15BrF2N2O4/c1-11-7-17(29-10-13-5-6-14(22)9-16(13)23)18(21)20(27)25(11)15-4-2-3-12(8-15)19(26)24-28/h2-9,28H,10H2,1H3,(H,24,26). The van der Waals surface area contributed by atoms with Crippen LogP contribution in [0.4, 0.5) is 8.78 Å². The lowest BCUT2D eigenvalue weighted by molar-refractivity contribution is 0.0706. The van der Waals surface area contributed by atoms with Crippen LogP contribution in [0.25, 0.3) is 5.69 Å². The number of rotatable bonds is 5. The van der Waals surface area contributed by atoms with E-state index >= 15 is 0 Å². The van der Waals surface area contributed by atoms with Gasteiger partial charge in [-0.2, -0.15) is 0 Å². The molecule has 3 rings (SSSR count). The summed E-state index contributed by atoms with van der Waals surface area (Å²) in [5.41, 5.74) is 2.29. The van der Waals surface area contributed by atoms with Crippen molar-refractivity contribution in [1.29, 1.82) is 0 Å². The fourth-order valence-electron chi connectivity index (χ4n) is 2.75. The maximum atomic E-state index is 13.8. The number of halogens is 3. The molecule has 150 valence electrons. The Kier molecular flexibility index (Phi) is 6.09. The lowest BCUT2D eigenvalue weighted by Crippen LogP contribution is -2.23. The van der Waals surface area contributed by atoms with Crippen LogP contribution in [0.5, 0.6) is 5.75 Å². The molecular formula is C20H15BrF2N2O4. The number of hydrogen-bond donors (Lipinski definition) is 2. The molecule has 0 aliphatic heterocycles. The van der Waals surface area contributed by atoms with E-state index in [1.54, 1.807) is 30.6 Å². The van der Waals surface area contributed by atoms with E-state index in [9.17, 15) is 18.4 Å². The molecule has 1 amide bonds. The van der Waals surface area contributed by atoms with Gasteiger partial charge >= 0.3 is 0 Å². The van der Waals surface area contributed by atoms with Crippen LogP contribution in [0.3, 0.4) is 0 Å². The highest BCUT2D eigenvalue weighted by Gasteiger charge is 2.15. The third-order valence-corrected chi connectivity index (χ3v) is 4.90. The number of pyridine rings is 1. The molecule has 0 spiro atoms. The molecular weight excluding hydrogens is 450 g/mol. The highest BCUT2D eigenvalue weighted by molar-refractivity contribution is 9.10. The van der Waals surface area contributed by atoms with Crippen molar-refractivity contribution in [1.82, 2.24) is 10.0 Å². The average molecular weight is 465 g/mol. The maximum absolute atomic E-state index is 13.8. The minimum absolute atomic E-state index is 0.0997. The minimum Gasteiger partial charge on any atom is -0.487 e. The summed E-state index contributed by atoms with van der Waals surface area (Å²) in [5.74, 6) is -1.96. The second-order valence-corrected chi connectivity index (χ2v) is 6.91. The third-order valence-electron chi connectivity index (χ3n) is 4.17. The number of nitrogens with one attached hydrogen (secondary N) is 1. The number of carbonyl (C=O) groups excluding carboxylic acids is 1. The van der Waals surface area contributed by atoms with Crippen molar-refractivity contribution in [2.24, 2.45) is 0 Å². The number of aromatic nitrogens is 1. The van der Waals surface area contributed by atoms with Gasteiger partial charge in [-0.05, 0) is 53.2 Å². The van der Waals surface area contributed by atoms with Crippen molar-refractivity contribution in [3.8, 4) is 11.4 Å². The van der Waals surface area contributed by atoms with Gasteiger partial charge in [0.2, 0.25) is 0 Å². The van der Waals surface area contributed by atoms with E-state index in [2.05, 4.69) is 15.9 Å². The predicted octanol–water partition coefficient (Wildman–Crippen LogP) is 3.88. The Morgan fingerprint density at radius 1 is 1.21 bits per heavy atom. The fraction of sp³-hybridized carbons (Fsp3) is 0.100. The van der Waals surface area contributed by atoms with Gasteiger partial charge in [-0.15, -0.1) is 0 Å². The van der Waals surface area contributed by atoms with Crippen LogP contribution in [-0.2, 0) is 6.61 Å². The first-order valence-electron chi connectivity index (χ1n) is 8.35. The summed E-state index contributed by atoms with van der Waals surface area (Å²) >= 11 is 3.20.